The van der Waals surface area contributed by atoms with E-state index in [1.807, 2.05) is 22.8 Å². The van der Waals surface area contributed by atoms with E-state index >= 15 is 0 Å². The van der Waals surface area contributed by atoms with Crippen LogP contribution in [0.15, 0.2) is 94.6 Å². The first-order valence-electron chi connectivity index (χ1n) is 14.1. The zero-order valence-electron chi connectivity index (χ0n) is 23.2. The van der Waals surface area contributed by atoms with Crippen LogP contribution in [0.4, 0.5) is 15.8 Å². The molecule has 11 heteroatoms. The molecule has 2 bridgehead atoms. The van der Waals surface area contributed by atoms with Crippen molar-refractivity contribution in [3.63, 3.8) is 0 Å². The first kappa shape index (κ1) is 28.9. The summed E-state index contributed by atoms with van der Waals surface area (Å²) in [6.07, 6.45) is 1.54. The number of hydrogen-bond donors (Lipinski definition) is 2. The minimum absolute atomic E-state index is 0.0141. The molecule has 4 aromatic rings. The minimum atomic E-state index is -4.09. The van der Waals surface area contributed by atoms with E-state index in [0.29, 0.717) is 48.9 Å². The number of sulfonamides is 1. The molecule has 0 radical (unpaired) electrons. The van der Waals surface area contributed by atoms with E-state index in [1.54, 1.807) is 36.4 Å². The summed E-state index contributed by atoms with van der Waals surface area (Å²) in [5.74, 6) is -0.592. The highest BCUT2D eigenvalue weighted by molar-refractivity contribution is 7.92. The van der Waals surface area contributed by atoms with E-state index in [2.05, 4.69) is 14.9 Å². The van der Waals surface area contributed by atoms with Crippen molar-refractivity contribution in [1.82, 2.24) is 9.88 Å². The van der Waals surface area contributed by atoms with Gasteiger partial charge in [-0.05, 0) is 85.0 Å². The Hall–Kier alpha value is -4.15. The number of rotatable bonds is 8. The Kier molecular flexibility index (Phi) is 7.98. The van der Waals surface area contributed by atoms with Crippen molar-refractivity contribution in [2.75, 3.05) is 29.3 Å². The summed E-state index contributed by atoms with van der Waals surface area (Å²) in [5, 5.41) is 3.54. The van der Waals surface area contributed by atoms with Crippen molar-refractivity contribution in [2.24, 2.45) is 5.92 Å². The van der Waals surface area contributed by atoms with Gasteiger partial charge >= 0.3 is 0 Å². The van der Waals surface area contributed by atoms with Gasteiger partial charge in [0.25, 0.3) is 21.5 Å². The van der Waals surface area contributed by atoms with Crippen LogP contribution in [-0.4, -0.2) is 38.5 Å². The highest BCUT2D eigenvalue weighted by Gasteiger charge is 2.35. The molecule has 2 atom stereocenters. The van der Waals surface area contributed by atoms with Gasteiger partial charge in [0.05, 0.1) is 16.3 Å². The maximum atomic E-state index is 13.5. The Morgan fingerprint density at radius 2 is 1.72 bits per heavy atom. The molecule has 0 saturated carbocycles. The number of nitrogens with zero attached hydrogens (tertiary/aromatic N) is 2. The van der Waals surface area contributed by atoms with E-state index in [1.165, 1.54) is 18.2 Å². The highest BCUT2D eigenvalue weighted by Crippen LogP contribution is 2.39. The van der Waals surface area contributed by atoms with Crippen molar-refractivity contribution >= 4 is 38.9 Å². The molecule has 1 aromatic heterocycles. The molecule has 0 spiro atoms. The summed E-state index contributed by atoms with van der Waals surface area (Å²) < 4.78 is 44.8. The zero-order chi connectivity index (χ0) is 30.1. The summed E-state index contributed by atoms with van der Waals surface area (Å²) in [7, 11) is -4.09. The predicted molar refractivity (Wildman–Crippen MR) is 165 cm³/mol. The number of pyridine rings is 1. The van der Waals surface area contributed by atoms with Crippen molar-refractivity contribution in [2.45, 2.75) is 30.2 Å². The number of halogens is 2. The van der Waals surface area contributed by atoms with Crippen molar-refractivity contribution < 1.29 is 17.6 Å². The zero-order valence-corrected chi connectivity index (χ0v) is 24.7. The molecule has 43 heavy (non-hydrogen) atoms. The van der Waals surface area contributed by atoms with Crippen LogP contribution in [0.2, 0.25) is 5.02 Å². The van der Waals surface area contributed by atoms with E-state index < -0.39 is 15.8 Å². The molecule has 0 aliphatic carbocycles. The van der Waals surface area contributed by atoms with Gasteiger partial charge in [-0.1, -0.05) is 29.8 Å². The van der Waals surface area contributed by atoms with E-state index in [9.17, 15) is 22.4 Å². The molecular formula is C32H30ClFN4O4S. The summed E-state index contributed by atoms with van der Waals surface area (Å²) in [5.41, 5.74) is 3.15. The second kappa shape index (κ2) is 11.9. The molecular weight excluding hydrogens is 591 g/mol. The molecule has 3 heterocycles. The van der Waals surface area contributed by atoms with Crippen molar-refractivity contribution in [3.8, 4) is 0 Å². The predicted octanol–water partition coefficient (Wildman–Crippen LogP) is 5.04. The second-order valence-corrected chi connectivity index (χ2v) is 13.1. The van der Waals surface area contributed by atoms with Gasteiger partial charge in [0.2, 0.25) is 0 Å². The highest BCUT2D eigenvalue weighted by atomic mass is 35.5. The molecule has 6 rings (SSSR count). The lowest BCUT2D eigenvalue weighted by Crippen LogP contribution is -2.47. The Labute approximate surface area is 254 Å². The van der Waals surface area contributed by atoms with Gasteiger partial charge in [-0.3, -0.25) is 14.3 Å². The molecule has 1 saturated heterocycles. The van der Waals surface area contributed by atoms with Crippen LogP contribution >= 0.6 is 11.6 Å². The third-order valence-electron chi connectivity index (χ3n) is 8.06. The molecule has 2 unspecified atom stereocenters. The van der Waals surface area contributed by atoms with Crippen LogP contribution in [0.1, 0.15) is 34.0 Å². The monoisotopic (exact) mass is 620 g/mol. The topological polar surface area (TPSA) is 101 Å². The smallest absolute Gasteiger partial charge is 0.261 e. The number of carbonyl (C=O) groups is 1. The summed E-state index contributed by atoms with van der Waals surface area (Å²) in [4.78, 5) is 27.6. The van der Waals surface area contributed by atoms with Gasteiger partial charge in [0.1, 0.15) is 5.82 Å². The summed E-state index contributed by atoms with van der Waals surface area (Å²) in [6.45, 7) is 2.17. The number of anilines is 2. The third kappa shape index (κ3) is 6.30. The van der Waals surface area contributed by atoms with Crippen molar-refractivity contribution in [1.29, 1.82) is 0 Å². The Bertz CT molecular complexity index is 1830. The standard InChI is InChI=1S/C32H30ClFN4O4S/c33-25-7-4-21(5-8-25)14-15-35-32(40)23-6-13-30(28(17-23)36-43(41,42)27-11-9-26(34)10-12-27)37-18-22-16-24(20-37)29-2-1-3-31(39)38(29)19-22/h1-13,17,22,24,36H,14-16,18-20H2,(H,35,40). The Morgan fingerprint density at radius 1 is 0.953 bits per heavy atom. The fourth-order valence-electron chi connectivity index (χ4n) is 6.02. The van der Waals surface area contributed by atoms with Crippen LogP contribution in [0, 0.1) is 11.7 Å². The lowest BCUT2D eigenvalue weighted by atomic mass is 9.83. The maximum Gasteiger partial charge on any atom is 0.261 e. The largest absolute Gasteiger partial charge is 0.369 e. The van der Waals surface area contributed by atoms with E-state index in [0.717, 1.165) is 29.8 Å². The molecule has 2 aliphatic heterocycles. The van der Waals surface area contributed by atoms with Gasteiger partial charge in [-0.15, -0.1) is 0 Å². The van der Waals surface area contributed by atoms with Gasteiger partial charge in [-0.25, -0.2) is 12.8 Å². The number of piperidine rings is 1. The number of aromatic nitrogens is 1. The first-order chi connectivity index (χ1) is 20.7. The number of amides is 1. The lowest BCUT2D eigenvalue weighted by Gasteiger charge is -2.44. The normalized spacial score (nSPS) is 17.7. The average Bonchev–Trinajstić information content (AvgIpc) is 2.98. The molecule has 1 amide bonds. The van der Waals surface area contributed by atoms with Crippen LogP contribution < -0.4 is 20.5 Å². The van der Waals surface area contributed by atoms with Crippen LogP contribution in [0.5, 0.6) is 0 Å². The number of carbonyl (C=O) groups excluding carboxylic acids is 1. The molecule has 3 aromatic carbocycles. The number of hydrogen-bond acceptors (Lipinski definition) is 5. The molecule has 2 N–H and O–H groups in total. The van der Waals surface area contributed by atoms with E-state index in [-0.39, 0.29) is 33.9 Å². The SMILES string of the molecule is O=C(NCCc1ccc(Cl)cc1)c1ccc(N2CC3CC(C2)c2cccc(=O)n2C3)c(NS(=O)(=O)c2ccc(F)cc2)c1. The first-order valence-corrected chi connectivity index (χ1v) is 15.9. The van der Waals surface area contributed by atoms with Gasteiger partial charge in [-0.2, -0.15) is 0 Å². The minimum Gasteiger partial charge on any atom is -0.369 e. The van der Waals surface area contributed by atoms with Crippen LogP contribution in [0.25, 0.3) is 0 Å². The lowest BCUT2D eigenvalue weighted by molar-refractivity contribution is 0.0954. The molecule has 1 fully saturated rings. The van der Waals surface area contributed by atoms with Crippen LogP contribution in [-0.2, 0) is 23.0 Å². The second-order valence-electron chi connectivity index (χ2n) is 11.0. The third-order valence-corrected chi connectivity index (χ3v) is 9.69. The fraction of sp³-hybridized carbons (Fsp3) is 0.250. The number of nitrogens with one attached hydrogen (secondary N) is 2. The molecule has 8 nitrogen and oxygen atoms in total. The number of benzene rings is 3. The van der Waals surface area contributed by atoms with Crippen LogP contribution in [0.3, 0.4) is 0 Å². The Morgan fingerprint density at radius 3 is 2.49 bits per heavy atom. The summed E-state index contributed by atoms with van der Waals surface area (Å²) >= 11 is 5.96. The van der Waals surface area contributed by atoms with Crippen molar-refractivity contribution in [3.05, 3.63) is 123 Å². The fourth-order valence-corrected chi connectivity index (χ4v) is 7.21. The van der Waals surface area contributed by atoms with Gasteiger partial charge in [0.15, 0.2) is 0 Å². The maximum absolute atomic E-state index is 13.5. The molecule has 2 aliphatic rings. The quantitative estimate of drug-likeness (QED) is 0.288. The van der Waals surface area contributed by atoms with Gasteiger partial charge in [0, 0.05) is 54.4 Å². The summed E-state index contributed by atoms with van der Waals surface area (Å²) in [6, 6.07) is 22.3. The van der Waals surface area contributed by atoms with E-state index in [4.69, 9.17) is 11.6 Å². The average molecular weight is 621 g/mol. The Balaban J connectivity index is 1.28. The number of fused-ring (bicyclic) bond motifs is 4. The molecule has 222 valence electrons. The van der Waals surface area contributed by atoms with Gasteiger partial charge < -0.3 is 14.8 Å².